The van der Waals surface area contributed by atoms with E-state index in [0.717, 1.165) is 18.2 Å². The Balaban J connectivity index is 1.60. The molecule has 0 saturated carbocycles. The van der Waals surface area contributed by atoms with Crippen molar-refractivity contribution in [3.8, 4) is 40.1 Å². The lowest BCUT2D eigenvalue weighted by atomic mass is 10.0. The minimum absolute atomic E-state index is 0.0496. The topological polar surface area (TPSA) is 238 Å². The van der Waals surface area contributed by atoms with Crippen LogP contribution < -0.4 is 14.9 Å². The smallest absolute Gasteiger partial charge is 0.239 e. The average Bonchev–Trinajstić information content (AvgIpc) is 2.94. The highest BCUT2D eigenvalue weighted by molar-refractivity contribution is 5.88. The minimum atomic E-state index is -1.76. The summed E-state index contributed by atoms with van der Waals surface area (Å²) in [7, 11) is 1.26. The van der Waals surface area contributed by atoms with Gasteiger partial charge in [0.15, 0.2) is 29.7 Å². The van der Waals surface area contributed by atoms with Gasteiger partial charge in [-0.1, -0.05) is 0 Å². The second-order valence-corrected chi connectivity index (χ2v) is 9.54. The molecule has 3 aromatic rings. The Labute approximate surface area is 230 Å². The zero-order valence-corrected chi connectivity index (χ0v) is 21.4. The van der Waals surface area contributed by atoms with E-state index in [0.29, 0.717) is 0 Å². The van der Waals surface area contributed by atoms with Crippen molar-refractivity contribution in [3.63, 3.8) is 0 Å². The van der Waals surface area contributed by atoms with Gasteiger partial charge in [-0.25, -0.2) is 0 Å². The second-order valence-electron chi connectivity index (χ2n) is 9.54. The Kier molecular flexibility index (Phi) is 7.95. The molecule has 2 saturated heterocycles. The molecule has 5 rings (SSSR count). The Morgan fingerprint density at radius 2 is 1.51 bits per heavy atom. The van der Waals surface area contributed by atoms with Gasteiger partial charge in [0, 0.05) is 17.7 Å². The van der Waals surface area contributed by atoms with E-state index in [2.05, 4.69) is 0 Å². The van der Waals surface area contributed by atoms with Crippen LogP contribution in [0.1, 0.15) is 0 Å². The summed E-state index contributed by atoms with van der Waals surface area (Å²) in [4.78, 5) is 13.8. The van der Waals surface area contributed by atoms with Gasteiger partial charge in [-0.2, -0.15) is 0 Å². The van der Waals surface area contributed by atoms with E-state index < -0.39 is 85.1 Å². The van der Waals surface area contributed by atoms with Crippen LogP contribution in [-0.4, -0.2) is 110 Å². The summed E-state index contributed by atoms with van der Waals surface area (Å²) in [5, 5.41) is 80.8. The van der Waals surface area contributed by atoms with Gasteiger partial charge < -0.3 is 69.0 Å². The van der Waals surface area contributed by atoms with Crippen LogP contribution >= 0.6 is 0 Å². The van der Waals surface area contributed by atoms with E-state index in [-0.39, 0.29) is 33.8 Å². The zero-order valence-electron chi connectivity index (χ0n) is 21.4. The molecular formula is C26H28O15. The third kappa shape index (κ3) is 5.37. The van der Waals surface area contributed by atoms with Crippen molar-refractivity contribution in [1.82, 2.24) is 0 Å². The standard InChI is InChI=1S/C26H28O15/c1-36-15-5-10(27)6-16-17(15)20(34)23(22(39-16)9-2-3-11(28)12(29)4-9)40-26-24(19(33)14(31)8-38-26)41-25-21(35)18(32)13(30)7-37-25/h2-6,13-14,18-19,21,24-33,35H,7-8H2,1H3/t13-,14+,18+,19+,21-,24-,25+,26+/m1/s1. The zero-order chi connectivity index (χ0) is 29.6. The van der Waals surface area contributed by atoms with Crippen LogP contribution in [0.4, 0.5) is 0 Å². The van der Waals surface area contributed by atoms with Gasteiger partial charge in [0.1, 0.15) is 53.0 Å². The first-order chi connectivity index (χ1) is 19.5. The summed E-state index contributed by atoms with van der Waals surface area (Å²) in [6.45, 7) is -0.886. The van der Waals surface area contributed by atoms with Gasteiger partial charge in [0.2, 0.25) is 17.5 Å². The molecule has 1 aromatic heterocycles. The lowest BCUT2D eigenvalue weighted by molar-refractivity contribution is -0.332. The molecule has 0 aliphatic carbocycles. The predicted octanol–water partition coefficient (Wildman–Crippen LogP) is -1.13. The van der Waals surface area contributed by atoms with Crippen molar-refractivity contribution in [2.24, 2.45) is 0 Å². The summed E-state index contributed by atoms with van der Waals surface area (Å²) in [6.07, 6.45) is -12.9. The number of aliphatic hydroxyl groups is 5. The number of aliphatic hydroxyl groups excluding tert-OH is 5. The fourth-order valence-corrected chi connectivity index (χ4v) is 4.56. The maximum absolute atomic E-state index is 13.8. The molecule has 2 fully saturated rings. The first-order valence-electron chi connectivity index (χ1n) is 12.4. The van der Waals surface area contributed by atoms with Gasteiger partial charge in [-0.3, -0.25) is 4.79 Å². The second kappa shape index (κ2) is 11.3. The van der Waals surface area contributed by atoms with Gasteiger partial charge in [-0.05, 0) is 18.2 Å². The Morgan fingerprint density at radius 3 is 2.20 bits per heavy atom. The Hall–Kier alpha value is -3.67. The van der Waals surface area contributed by atoms with Crippen molar-refractivity contribution in [2.75, 3.05) is 20.3 Å². The van der Waals surface area contributed by atoms with E-state index in [4.69, 9.17) is 28.1 Å². The van der Waals surface area contributed by atoms with Crippen molar-refractivity contribution in [3.05, 3.63) is 40.6 Å². The van der Waals surface area contributed by atoms with E-state index in [1.165, 1.54) is 19.2 Å². The molecule has 0 spiro atoms. The van der Waals surface area contributed by atoms with Crippen LogP contribution in [0.3, 0.4) is 0 Å². The lowest BCUT2D eigenvalue weighted by Crippen LogP contribution is -2.61. The first kappa shape index (κ1) is 28.8. The van der Waals surface area contributed by atoms with Gasteiger partial charge in [-0.15, -0.1) is 0 Å². The Morgan fingerprint density at radius 1 is 0.829 bits per heavy atom. The van der Waals surface area contributed by atoms with Crippen molar-refractivity contribution in [1.29, 1.82) is 0 Å². The number of rotatable bonds is 6. The predicted molar refractivity (Wildman–Crippen MR) is 134 cm³/mol. The number of hydrogen-bond acceptors (Lipinski definition) is 15. The molecule has 3 heterocycles. The molecule has 0 unspecified atom stereocenters. The molecule has 222 valence electrons. The minimum Gasteiger partial charge on any atom is -0.508 e. The number of methoxy groups -OCH3 is 1. The number of benzene rings is 2. The van der Waals surface area contributed by atoms with Crippen LogP contribution in [0.25, 0.3) is 22.3 Å². The molecule has 2 aliphatic heterocycles. The molecule has 2 aliphatic rings. The van der Waals surface area contributed by atoms with Gasteiger partial charge in [0.25, 0.3) is 0 Å². The van der Waals surface area contributed by atoms with E-state index in [9.17, 15) is 45.6 Å². The van der Waals surface area contributed by atoms with Crippen LogP contribution in [-0.2, 0) is 14.2 Å². The fraction of sp³-hybridized carbons (Fsp3) is 0.423. The highest BCUT2D eigenvalue weighted by Gasteiger charge is 2.47. The molecule has 0 bridgehead atoms. The van der Waals surface area contributed by atoms with Gasteiger partial charge >= 0.3 is 0 Å². The summed E-state index contributed by atoms with van der Waals surface area (Å²) in [5.74, 6) is -2.20. The average molecular weight is 580 g/mol. The first-order valence-corrected chi connectivity index (χ1v) is 12.4. The highest BCUT2D eigenvalue weighted by Crippen LogP contribution is 2.39. The lowest BCUT2D eigenvalue weighted by Gasteiger charge is -2.42. The molecule has 15 nitrogen and oxygen atoms in total. The molecule has 0 radical (unpaired) electrons. The fourth-order valence-electron chi connectivity index (χ4n) is 4.56. The third-order valence-electron chi connectivity index (χ3n) is 6.77. The van der Waals surface area contributed by atoms with Crippen LogP contribution in [0, 0.1) is 0 Å². The maximum atomic E-state index is 13.8. The number of fused-ring (bicyclic) bond motifs is 1. The maximum Gasteiger partial charge on any atom is 0.239 e. The summed E-state index contributed by atoms with van der Waals surface area (Å²) < 4.78 is 33.4. The van der Waals surface area contributed by atoms with Crippen molar-refractivity contribution in [2.45, 2.75) is 49.2 Å². The van der Waals surface area contributed by atoms with Crippen molar-refractivity contribution < 1.29 is 69.0 Å². The van der Waals surface area contributed by atoms with E-state index in [1.54, 1.807) is 0 Å². The monoisotopic (exact) mass is 580 g/mol. The van der Waals surface area contributed by atoms with E-state index in [1.807, 2.05) is 0 Å². The SMILES string of the molecule is COc1cc(O)cc2oc(-c3ccc(O)c(O)c3)c(O[C@@H]3OC[C@H](O)[C@H](O)[C@H]3O[C@@H]3OC[C@@H](O)[C@H](O)[C@H]3O)c(=O)c12. The number of phenols is 3. The number of phenolic OH excluding ortho intramolecular Hbond substituents is 3. The van der Waals surface area contributed by atoms with Gasteiger partial charge in [0.05, 0.1) is 20.3 Å². The molecule has 8 atom stereocenters. The number of hydrogen-bond donors (Lipinski definition) is 8. The quantitative estimate of drug-likeness (QED) is 0.161. The van der Waals surface area contributed by atoms with Crippen LogP contribution in [0.5, 0.6) is 28.7 Å². The summed E-state index contributed by atoms with van der Waals surface area (Å²) >= 11 is 0. The summed E-state index contributed by atoms with van der Waals surface area (Å²) in [6, 6.07) is 5.84. The molecule has 8 N–H and O–H groups in total. The molecule has 2 aromatic carbocycles. The number of ether oxygens (including phenoxy) is 5. The number of aromatic hydroxyl groups is 3. The van der Waals surface area contributed by atoms with Crippen LogP contribution in [0.2, 0.25) is 0 Å². The third-order valence-corrected chi connectivity index (χ3v) is 6.77. The molecule has 41 heavy (non-hydrogen) atoms. The summed E-state index contributed by atoms with van der Waals surface area (Å²) in [5.41, 5.74) is -0.907. The molecule has 15 heteroatoms. The van der Waals surface area contributed by atoms with Crippen molar-refractivity contribution >= 4 is 11.0 Å². The van der Waals surface area contributed by atoms with E-state index >= 15 is 0 Å². The molecule has 0 amide bonds. The largest absolute Gasteiger partial charge is 0.508 e. The highest BCUT2D eigenvalue weighted by atomic mass is 16.7. The van der Waals surface area contributed by atoms with Crippen LogP contribution in [0.15, 0.2) is 39.5 Å². The Bertz CT molecular complexity index is 1470. The normalized spacial score (nSPS) is 30.3. The molecular weight excluding hydrogens is 552 g/mol.